The third-order valence-electron chi connectivity index (χ3n) is 4.29. The summed E-state index contributed by atoms with van der Waals surface area (Å²) >= 11 is 2.72. The number of primary amides is 1. The van der Waals surface area contributed by atoms with Crippen LogP contribution in [-0.2, 0) is 24.2 Å². The molecule has 1 aliphatic rings. The fourth-order valence-electron chi connectivity index (χ4n) is 3.10. The van der Waals surface area contributed by atoms with Gasteiger partial charge in [-0.15, -0.1) is 11.3 Å². The number of nitrogens with one attached hydrogen (secondary N) is 1. The highest BCUT2D eigenvalue weighted by Crippen LogP contribution is 2.36. The van der Waals surface area contributed by atoms with E-state index in [0.717, 1.165) is 46.8 Å². The average molecular weight is 380 g/mol. The third-order valence-corrected chi connectivity index (χ3v) is 6.42. The van der Waals surface area contributed by atoms with Crippen LogP contribution in [0.3, 0.4) is 0 Å². The second-order valence-corrected chi connectivity index (χ2v) is 8.20. The smallest absolute Gasteiger partial charge is 0.318 e. The van der Waals surface area contributed by atoms with Gasteiger partial charge in [0.1, 0.15) is 4.83 Å². The zero-order chi connectivity index (χ0) is 18.1. The minimum atomic E-state index is -0.887. The molecule has 25 heavy (non-hydrogen) atoms. The predicted octanol–water partition coefficient (Wildman–Crippen LogP) is 1.89. The number of thioether (sulfide) groups is 1. The van der Waals surface area contributed by atoms with Crippen molar-refractivity contribution in [1.29, 1.82) is 0 Å². The SMILES string of the molecule is CCn1c(SCC(=O)NC(N)=O)nc2sc3c(c2c1=O)CC[C@@H](C)C3. The van der Waals surface area contributed by atoms with Crippen LogP contribution in [0.4, 0.5) is 4.79 Å². The van der Waals surface area contributed by atoms with Crippen LogP contribution in [0.5, 0.6) is 0 Å². The molecule has 0 spiro atoms. The summed E-state index contributed by atoms with van der Waals surface area (Å²) in [6.45, 7) is 4.58. The van der Waals surface area contributed by atoms with E-state index in [1.54, 1.807) is 15.9 Å². The summed E-state index contributed by atoms with van der Waals surface area (Å²) in [5.74, 6) is 0.0947. The Morgan fingerprint density at radius 2 is 2.24 bits per heavy atom. The van der Waals surface area contributed by atoms with Gasteiger partial charge in [0.25, 0.3) is 5.56 Å². The van der Waals surface area contributed by atoms with Gasteiger partial charge in [-0.1, -0.05) is 18.7 Å². The molecule has 9 heteroatoms. The number of carbonyl (C=O) groups excluding carboxylic acids is 2. The normalized spacial score (nSPS) is 16.6. The molecule has 0 bridgehead atoms. The molecule has 2 heterocycles. The Balaban J connectivity index is 1.98. The first-order valence-electron chi connectivity index (χ1n) is 8.17. The quantitative estimate of drug-likeness (QED) is 0.622. The van der Waals surface area contributed by atoms with Crippen LogP contribution >= 0.6 is 23.1 Å². The second-order valence-electron chi connectivity index (χ2n) is 6.18. The second kappa shape index (κ2) is 7.17. The van der Waals surface area contributed by atoms with Crippen molar-refractivity contribution < 1.29 is 9.59 Å². The molecule has 0 aromatic carbocycles. The monoisotopic (exact) mass is 380 g/mol. The molecule has 0 unspecified atom stereocenters. The van der Waals surface area contributed by atoms with Crippen LogP contribution in [0.15, 0.2) is 9.95 Å². The first-order chi connectivity index (χ1) is 11.9. The molecule has 7 nitrogen and oxygen atoms in total. The number of amides is 3. The number of carbonyl (C=O) groups is 2. The van der Waals surface area contributed by atoms with Gasteiger partial charge < -0.3 is 5.73 Å². The molecule has 1 atom stereocenters. The van der Waals surface area contributed by atoms with Crippen molar-refractivity contribution in [1.82, 2.24) is 14.9 Å². The zero-order valence-corrected chi connectivity index (χ0v) is 15.8. The molecule has 3 rings (SSSR count). The molecule has 3 N–H and O–H groups in total. The Hall–Kier alpha value is -1.87. The fraction of sp³-hybridized carbons (Fsp3) is 0.500. The number of aromatic nitrogens is 2. The molecular formula is C16H20N4O3S2. The highest BCUT2D eigenvalue weighted by atomic mass is 32.2. The summed E-state index contributed by atoms with van der Waals surface area (Å²) in [4.78, 5) is 41.9. The summed E-state index contributed by atoms with van der Waals surface area (Å²) in [5, 5.41) is 3.24. The number of hydrogen-bond acceptors (Lipinski definition) is 6. The molecule has 2 aromatic rings. The van der Waals surface area contributed by atoms with Gasteiger partial charge >= 0.3 is 6.03 Å². The summed E-state index contributed by atoms with van der Waals surface area (Å²) in [5.41, 5.74) is 6.04. The standard InChI is InChI=1S/C16H20N4O3S2/c1-3-20-14(22)12-9-5-4-8(2)6-10(9)25-13(12)19-16(20)24-7-11(21)18-15(17)23/h8H,3-7H2,1-2H3,(H3,17,18,21,23)/t8-/m1/s1. The van der Waals surface area contributed by atoms with Crippen molar-refractivity contribution in [3.8, 4) is 0 Å². The maximum Gasteiger partial charge on any atom is 0.318 e. The van der Waals surface area contributed by atoms with E-state index in [-0.39, 0.29) is 11.3 Å². The Bertz CT molecular complexity index is 903. The third kappa shape index (κ3) is 3.57. The van der Waals surface area contributed by atoms with Crippen LogP contribution in [0.2, 0.25) is 0 Å². The van der Waals surface area contributed by atoms with Crippen molar-refractivity contribution in [2.24, 2.45) is 11.7 Å². The highest BCUT2D eigenvalue weighted by Gasteiger charge is 2.24. The van der Waals surface area contributed by atoms with Gasteiger partial charge in [0.2, 0.25) is 5.91 Å². The highest BCUT2D eigenvalue weighted by molar-refractivity contribution is 7.99. The molecule has 0 saturated heterocycles. The van der Waals surface area contributed by atoms with E-state index >= 15 is 0 Å². The summed E-state index contributed by atoms with van der Waals surface area (Å²) in [6.07, 6.45) is 3.00. The van der Waals surface area contributed by atoms with E-state index in [2.05, 4.69) is 11.9 Å². The maximum atomic E-state index is 13.0. The van der Waals surface area contributed by atoms with E-state index in [0.29, 0.717) is 17.6 Å². The van der Waals surface area contributed by atoms with Crippen molar-refractivity contribution in [3.05, 3.63) is 20.8 Å². The van der Waals surface area contributed by atoms with Gasteiger partial charge in [-0.05, 0) is 37.7 Å². The van der Waals surface area contributed by atoms with Crippen LogP contribution in [0, 0.1) is 5.92 Å². The molecule has 2 aromatic heterocycles. The van der Waals surface area contributed by atoms with Gasteiger partial charge in [-0.3, -0.25) is 19.5 Å². The van der Waals surface area contributed by atoms with Crippen LogP contribution in [0.25, 0.3) is 10.2 Å². The van der Waals surface area contributed by atoms with E-state index < -0.39 is 11.9 Å². The number of hydrogen-bond donors (Lipinski definition) is 2. The van der Waals surface area contributed by atoms with Crippen molar-refractivity contribution in [2.75, 3.05) is 5.75 Å². The maximum absolute atomic E-state index is 13.0. The van der Waals surface area contributed by atoms with E-state index in [9.17, 15) is 14.4 Å². The minimum absolute atomic E-state index is 0.0248. The lowest BCUT2D eigenvalue weighted by Gasteiger charge is -2.17. The van der Waals surface area contributed by atoms with Gasteiger partial charge in [0, 0.05) is 11.4 Å². The van der Waals surface area contributed by atoms with Crippen molar-refractivity contribution in [3.63, 3.8) is 0 Å². The first kappa shape index (κ1) is 17.9. The Morgan fingerprint density at radius 1 is 1.48 bits per heavy atom. The Morgan fingerprint density at radius 3 is 2.92 bits per heavy atom. The van der Waals surface area contributed by atoms with E-state index in [1.165, 1.54) is 4.88 Å². The summed E-state index contributed by atoms with van der Waals surface area (Å²) in [7, 11) is 0. The van der Waals surface area contributed by atoms with Gasteiger partial charge in [0.05, 0.1) is 11.1 Å². The lowest BCUT2D eigenvalue weighted by molar-refractivity contribution is -0.117. The summed E-state index contributed by atoms with van der Waals surface area (Å²) in [6, 6.07) is -0.887. The van der Waals surface area contributed by atoms with Crippen molar-refractivity contribution in [2.45, 2.75) is 44.8 Å². The number of aryl methyl sites for hydroxylation is 1. The van der Waals surface area contributed by atoms with Crippen LogP contribution < -0.4 is 16.6 Å². The van der Waals surface area contributed by atoms with E-state index in [4.69, 9.17) is 5.73 Å². The number of nitrogens with two attached hydrogens (primary N) is 1. The van der Waals surface area contributed by atoms with Gasteiger partial charge in [-0.25, -0.2) is 9.78 Å². The largest absolute Gasteiger partial charge is 0.351 e. The minimum Gasteiger partial charge on any atom is -0.351 e. The van der Waals surface area contributed by atoms with Crippen LogP contribution in [0.1, 0.15) is 30.7 Å². The summed E-state index contributed by atoms with van der Waals surface area (Å²) < 4.78 is 1.59. The molecule has 0 fully saturated rings. The zero-order valence-electron chi connectivity index (χ0n) is 14.1. The molecule has 134 valence electrons. The van der Waals surface area contributed by atoms with Crippen molar-refractivity contribution >= 4 is 45.3 Å². The van der Waals surface area contributed by atoms with Crippen LogP contribution in [-0.4, -0.2) is 27.2 Å². The lowest BCUT2D eigenvalue weighted by atomic mass is 9.89. The molecular weight excluding hydrogens is 360 g/mol. The number of thiophene rings is 1. The molecule has 3 amide bonds. The fourth-order valence-corrected chi connectivity index (χ4v) is 5.38. The molecule has 0 radical (unpaired) electrons. The van der Waals surface area contributed by atoms with E-state index in [1.807, 2.05) is 12.2 Å². The Labute approximate surface area is 153 Å². The molecule has 0 saturated carbocycles. The predicted molar refractivity (Wildman–Crippen MR) is 99.2 cm³/mol. The van der Waals surface area contributed by atoms with Gasteiger partial charge in [0.15, 0.2) is 5.16 Å². The topological polar surface area (TPSA) is 107 Å². The van der Waals surface area contributed by atoms with Gasteiger partial charge in [-0.2, -0.15) is 0 Å². The molecule has 1 aliphatic carbocycles. The molecule has 0 aliphatic heterocycles. The lowest BCUT2D eigenvalue weighted by Crippen LogP contribution is -2.36. The number of imide groups is 1. The number of fused-ring (bicyclic) bond motifs is 3. The average Bonchev–Trinajstić information content (AvgIpc) is 2.89. The number of nitrogens with zero attached hydrogens (tertiary/aromatic N) is 2. The Kier molecular flexibility index (Phi) is 5.14. The number of urea groups is 1. The first-order valence-corrected chi connectivity index (χ1v) is 9.98. The number of rotatable bonds is 4.